The fourth-order valence-corrected chi connectivity index (χ4v) is 2.26. The van der Waals surface area contributed by atoms with Gasteiger partial charge in [0.05, 0.1) is 16.4 Å². The molecule has 0 spiro atoms. The van der Waals surface area contributed by atoms with Crippen LogP contribution in [-0.4, -0.2) is 23.5 Å². The Morgan fingerprint density at radius 2 is 2.25 bits per heavy atom. The molecule has 1 atom stereocenters. The molecule has 0 saturated heterocycles. The second-order valence-corrected chi connectivity index (χ2v) is 5.01. The topological polar surface area (TPSA) is 53.1 Å². The van der Waals surface area contributed by atoms with Crippen LogP contribution in [0.1, 0.15) is 44.5 Å². The maximum Gasteiger partial charge on any atom is 0.0696 e. The first-order valence-electron chi connectivity index (χ1n) is 5.55. The van der Waals surface area contributed by atoms with Gasteiger partial charge in [-0.15, -0.1) is 0 Å². The molecule has 1 unspecified atom stereocenters. The highest BCUT2D eigenvalue weighted by Gasteiger charge is 2.17. The van der Waals surface area contributed by atoms with Crippen LogP contribution in [0.5, 0.6) is 0 Å². The van der Waals surface area contributed by atoms with Crippen LogP contribution < -0.4 is 5.73 Å². The highest BCUT2D eigenvalue weighted by atomic mass is 79.9. The molecule has 16 heavy (non-hydrogen) atoms. The molecule has 0 fully saturated rings. The molecule has 4 nitrogen and oxygen atoms in total. The monoisotopic (exact) mass is 289 g/mol. The first-order valence-corrected chi connectivity index (χ1v) is 6.34. The second-order valence-electron chi connectivity index (χ2n) is 4.16. The van der Waals surface area contributed by atoms with Gasteiger partial charge in [-0.2, -0.15) is 5.10 Å². The SMILES string of the molecule is COCCCC(N)c1c(Br)cnn1C(C)C. The molecule has 1 aromatic heterocycles. The average molecular weight is 290 g/mol. The minimum Gasteiger partial charge on any atom is -0.385 e. The number of ether oxygens (including phenoxy) is 1. The van der Waals surface area contributed by atoms with Crippen LogP contribution in [0.15, 0.2) is 10.7 Å². The summed E-state index contributed by atoms with van der Waals surface area (Å²) in [6.45, 7) is 4.96. The van der Waals surface area contributed by atoms with Crippen molar-refractivity contribution in [3.05, 3.63) is 16.4 Å². The summed E-state index contributed by atoms with van der Waals surface area (Å²) in [6.07, 6.45) is 3.68. The van der Waals surface area contributed by atoms with Crippen LogP contribution >= 0.6 is 15.9 Å². The maximum atomic E-state index is 6.17. The Kier molecular flexibility index (Phi) is 5.44. The summed E-state index contributed by atoms with van der Waals surface area (Å²) in [4.78, 5) is 0. The Morgan fingerprint density at radius 1 is 1.56 bits per heavy atom. The Labute approximate surface area is 105 Å². The number of hydrogen-bond donors (Lipinski definition) is 1. The Balaban J connectivity index is 2.73. The van der Waals surface area contributed by atoms with E-state index in [0.29, 0.717) is 6.04 Å². The molecule has 1 rings (SSSR count). The molecule has 2 N–H and O–H groups in total. The van der Waals surface area contributed by atoms with Gasteiger partial charge in [-0.1, -0.05) is 0 Å². The van der Waals surface area contributed by atoms with Gasteiger partial charge in [0.15, 0.2) is 0 Å². The number of methoxy groups -OCH3 is 1. The molecule has 1 aromatic rings. The quantitative estimate of drug-likeness (QED) is 0.819. The van der Waals surface area contributed by atoms with Crippen molar-refractivity contribution >= 4 is 15.9 Å². The van der Waals surface area contributed by atoms with Crippen molar-refractivity contribution < 1.29 is 4.74 Å². The summed E-state index contributed by atoms with van der Waals surface area (Å²) in [7, 11) is 1.71. The number of rotatable bonds is 6. The highest BCUT2D eigenvalue weighted by molar-refractivity contribution is 9.10. The van der Waals surface area contributed by atoms with Gasteiger partial charge in [-0.25, -0.2) is 0 Å². The summed E-state index contributed by atoms with van der Waals surface area (Å²) in [5.74, 6) is 0. The molecule has 0 amide bonds. The third-order valence-electron chi connectivity index (χ3n) is 2.49. The zero-order chi connectivity index (χ0) is 12.1. The normalized spacial score (nSPS) is 13.4. The third kappa shape index (κ3) is 3.30. The van der Waals surface area contributed by atoms with Crippen LogP contribution in [0, 0.1) is 0 Å². The van der Waals surface area contributed by atoms with E-state index in [2.05, 4.69) is 34.9 Å². The van der Waals surface area contributed by atoms with Crippen LogP contribution in [0.4, 0.5) is 0 Å². The molecular formula is C11H20BrN3O. The van der Waals surface area contributed by atoms with Gasteiger partial charge in [-0.3, -0.25) is 4.68 Å². The van der Waals surface area contributed by atoms with Gasteiger partial charge in [-0.05, 0) is 42.6 Å². The summed E-state index contributed by atoms with van der Waals surface area (Å²) in [5.41, 5.74) is 7.25. The molecule has 1 heterocycles. The van der Waals surface area contributed by atoms with Crippen molar-refractivity contribution in [2.75, 3.05) is 13.7 Å². The van der Waals surface area contributed by atoms with E-state index in [1.807, 2.05) is 10.9 Å². The molecule has 0 saturated carbocycles. The predicted molar refractivity (Wildman–Crippen MR) is 68.4 cm³/mol. The zero-order valence-corrected chi connectivity index (χ0v) is 11.7. The van der Waals surface area contributed by atoms with Crippen LogP contribution in [0.3, 0.4) is 0 Å². The van der Waals surface area contributed by atoms with Gasteiger partial charge in [0, 0.05) is 25.8 Å². The van der Waals surface area contributed by atoms with E-state index in [0.717, 1.165) is 29.6 Å². The van der Waals surface area contributed by atoms with Crippen molar-refractivity contribution in [3.63, 3.8) is 0 Å². The summed E-state index contributed by atoms with van der Waals surface area (Å²) >= 11 is 3.50. The lowest BCUT2D eigenvalue weighted by Crippen LogP contribution is -2.18. The van der Waals surface area contributed by atoms with Crippen molar-refractivity contribution in [1.29, 1.82) is 0 Å². The third-order valence-corrected chi connectivity index (χ3v) is 3.10. The predicted octanol–water partition coefficient (Wildman–Crippen LogP) is 2.65. The fraction of sp³-hybridized carbons (Fsp3) is 0.727. The van der Waals surface area contributed by atoms with E-state index in [1.54, 1.807) is 7.11 Å². The minimum atomic E-state index is 0.00873. The highest BCUT2D eigenvalue weighted by Crippen LogP contribution is 2.26. The number of aromatic nitrogens is 2. The van der Waals surface area contributed by atoms with Crippen molar-refractivity contribution in [3.8, 4) is 0 Å². The van der Waals surface area contributed by atoms with Crippen molar-refractivity contribution in [1.82, 2.24) is 9.78 Å². The van der Waals surface area contributed by atoms with Gasteiger partial charge in [0.25, 0.3) is 0 Å². The number of hydrogen-bond acceptors (Lipinski definition) is 3. The molecule has 0 aliphatic heterocycles. The standard InChI is InChI=1S/C11H20BrN3O/c1-8(2)15-11(9(12)7-14-15)10(13)5-4-6-16-3/h7-8,10H,4-6,13H2,1-3H3. The van der Waals surface area contributed by atoms with Crippen LogP contribution in [-0.2, 0) is 4.74 Å². The van der Waals surface area contributed by atoms with Gasteiger partial charge in [0.1, 0.15) is 0 Å². The molecule has 0 aliphatic rings. The fourth-order valence-electron chi connectivity index (χ4n) is 1.69. The van der Waals surface area contributed by atoms with Crippen molar-refractivity contribution in [2.24, 2.45) is 5.73 Å². The maximum absolute atomic E-state index is 6.17. The minimum absolute atomic E-state index is 0.00873. The first kappa shape index (κ1) is 13.7. The second kappa shape index (κ2) is 6.37. The van der Waals surface area contributed by atoms with E-state index in [-0.39, 0.29) is 6.04 Å². The molecule has 92 valence electrons. The molecule has 0 bridgehead atoms. The average Bonchev–Trinajstić information content (AvgIpc) is 2.60. The molecule has 0 aliphatic carbocycles. The van der Waals surface area contributed by atoms with E-state index < -0.39 is 0 Å². The van der Waals surface area contributed by atoms with Gasteiger partial charge in [0.2, 0.25) is 0 Å². The largest absolute Gasteiger partial charge is 0.385 e. The Bertz CT molecular complexity index is 325. The summed E-state index contributed by atoms with van der Waals surface area (Å²) in [5, 5.41) is 4.32. The lowest BCUT2D eigenvalue weighted by molar-refractivity contribution is 0.190. The molecule has 5 heteroatoms. The van der Waals surface area contributed by atoms with Crippen LogP contribution in [0.25, 0.3) is 0 Å². The van der Waals surface area contributed by atoms with Crippen molar-refractivity contribution in [2.45, 2.75) is 38.8 Å². The molecule has 0 aromatic carbocycles. The van der Waals surface area contributed by atoms with E-state index >= 15 is 0 Å². The van der Waals surface area contributed by atoms with E-state index in [9.17, 15) is 0 Å². The molecular weight excluding hydrogens is 270 g/mol. The summed E-state index contributed by atoms with van der Waals surface area (Å²) < 4.78 is 7.99. The Hall–Kier alpha value is -0.390. The number of nitrogens with zero attached hydrogens (tertiary/aromatic N) is 2. The van der Waals surface area contributed by atoms with Gasteiger partial charge >= 0.3 is 0 Å². The first-order chi connectivity index (χ1) is 7.57. The smallest absolute Gasteiger partial charge is 0.0696 e. The Morgan fingerprint density at radius 3 is 2.81 bits per heavy atom. The number of halogens is 1. The van der Waals surface area contributed by atoms with Gasteiger partial charge < -0.3 is 10.5 Å². The zero-order valence-electron chi connectivity index (χ0n) is 10.1. The molecule has 0 radical (unpaired) electrons. The lowest BCUT2D eigenvalue weighted by Gasteiger charge is -2.17. The van der Waals surface area contributed by atoms with E-state index in [4.69, 9.17) is 10.5 Å². The lowest BCUT2D eigenvalue weighted by atomic mass is 10.1. The van der Waals surface area contributed by atoms with E-state index in [1.165, 1.54) is 0 Å². The summed E-state index contributed by atoms with van der Waals surface area (Å²) in [6, 6.07) is 0.337. The number of nitrogens with two attached hydrogens (primary N) is 1. The van der Waals surface area contributed by atoms with Crippen LogP contribution in [0.2, 0.25) is 0 Å².